The molecule has 0 saturated heterocycles. The molecule has 0 aromatic carbocycles. The molecule has 0 spiro atoms. The number of hydrogen-bond acceptors (Lipinski definition) is 3. The highest BCUT2D eigenvalue weighted by molar-refractivity contribution is 5.08. The van der Waals surface area contributed by atoms with Gasteiger partial charge in [-0.15, -0.1) is 0 Å². The Bertz CT molecular complexity index is 312. The van der Waals surface area contributed by atoms with Gasteiger partial charge in [0, 0.05) is 6.07 Å². The molecule has 0 radical (unpaired) electrons. The van der Waals surface area contributed by atoms with Gasteiger partial charge in [0.05, 0.1) is 11.7 Å². The molecule has 1 heterocycles. The Morgan fingerprint density at radius 1 is 1.46 bits per heavy atom. The summed E-state index contributed by atoms with van der Waals surface area (Å²) in [6.07, 6.45) is 0. The van der Waals surface area contributed by atoms with Crippen LogP contribution in [-0.4, -0.2) is 9.97 Å². The molecule has 0 saturated carbocycles. The molecular weight excluding hydrogens is 166 g/mol. The van der Waals surface area contributed by atoms with E-state index in [1.54, 1.807) is 6.92 Å². The molecule has 1 unspecified atom stereocenters. The molecular formula is C9H15N3O. The van der Waals surface area contributed by atoms with Crippen LogP contribution in [0.1, 0.15) is 44.2 Å². The Morgan fingerprint density at radius 2 is 2.08 bits per heavy atom. The van der Waals surface area contributed by atoms with Crippen molar-refractivity contribution in [3.05, 3.63) is 27.9 Å². The molecule has 1 aromatic heterocycles. The molecule has 0 aliphatic rings. The number of nitrogens with one attached hydrogen (secondary N) is 1. The van der Waals surface area contributed by atoms with Crippen LogP contribution in [0.2, 0.25) is 0 Å². The standard InChI is InChI=1S/C9H15N3O/c1-5(2)7-4-8(13)12-9(11-7)6(3)10/h4-6H,10H2,1-3H3,(H,11,12,13). The van der Waals surface area contributed by atoms with Gasteiger partial charge in [-0.2, -0.15) is 0 Å². The Morgan fingerprint density at radius 3 is 2.54 bits per heavy atom. The van der Waals surface area contributed by atoms with E-state index in [0.717, 1.165) is 5.69 Å². The Hall–Kier alpha value is -1.16. The third-order valence-electron chi connectivity index (χ3n) is 1.80. The number of nitrogens with two attached hydrogens (primary N) is 1. The number of hydrogen-bond donors (Lipinski definition) is 2. The maximum absolute atomic E-state index is 11.2. The molecule has 1 atom stereocenters. The number of aromatic nitrogens is 2. The largest absolute Gasteiger partial charge is 0.322 e. The fourth-order valence-corrected chi connectivity index (χ4v) is 1.01. The molecule has 4 nitrogen and oxygen atoms in total. The minimum Gasteiger partial charge on any atom is -0.322 e. The van der Waals surface area contributed by atoms with Crippen molar-refractivity contribution in [3.8, 4) is 0 Å². The van der Waals surface area contributed by atoms with E-state index < -0.39 is 0 Å². The summed E-state index contributed by atoms with van der Waals surface area (Å²) in [6.45, 7) is 5.78. The highest BCUT2D eigenvalue weighted by Crippen LogP contribution is 2.10. The van der Waals surface area contributed by atoms with Gasteiger partial charge in [-0.05, 0) is 12.8 Å². The molecule has 72 valence electrons. The second kappa shape index (κ2) is 3.70. The first-order chi connectivity index (χ1) is 6.00. The molecule has 13 heavy (non-hydrogen) atoms. The van der Waals surface area contributed by atoms with Crippen LogP contribution < -0.4 is 11.3 Å². The molecule has 4 heteroatoms. The van der Waals surface area contributed by atoms with Crippen LogP contribution >= 0.6 is 0 Å². The van der Waals surface area contributed by atoms with Crippen LogP contribution in [0.3, 0.4) is 0 Å². The SMILES string of the molecule is CC(C)c1cc(=O)[nH]c(C(C)N)n1. The van der Waals surface area contributed by atoms with Crippen molar-refractivity contribution < 1.29 is 0 Å². The van der Waals surface area contributed by atoms with Gasteiger partial charge in [0.25, 0.3) is 5.56 Å². The van der Waals surface area contributed by atoms with E-state index >= 15 is 0 Å². The van der Waals surface area contributed by atoms with E-state index in [1.165, 1.54) is 6.07 Å². The lowest BCUT2D eigenvalue weighted by Crippen LogP contribution is -2.18. The molecule has 0 fully saturated rings. The van der Waals surface area contributed by atoms with Crippen LogP contribution in [0.4, 0.5) is 0 Å². The summed E-state index contributed by atoms with van der Waals surface area (Å²) >= 11 is 0. The van der Waals surface area contributed by atoms with Gasteiger partial charge in [-0.25, -0.2) is 4.98 Å². The van der Waals surface area contributed by atoms with Crippen molar-refractivity contribution in [2.75, 3.05) is 0 Å². The van der Waals surface area contributed by atoms with Crippen molar-refractivity contribution in [3.63, 3.8) is 0 Å². The number of rotatable bonds is 2. The number of H-pyrrole nitrogens is 1. The second-order valence-electron chi connectivity index (χ2n) is 3.50. The van der Waals surface area contributed by atoms with E-state index in [9.17, 15) is 4.79 Å². The Balaban J connectivity index is 3.19. The van der Waals surface area contributed by atoms with Gasteiger partial charge in [-0.1, -0.05) is 13.8 Å². The van der Waals surface area contributed by atoms with Gasteiger partial charge < -0.3 is 10.7 Å². The summed E-state index contributed by atoms with van der Waals surface area (Å²) in [4.78, 5) is 18.0. The van der Waals surface area contributed by atoms with Crippen molar-refractivity contribution in [1.82, 2.24) is 9.97 Å². The average Bonchev–Trinajstić information content (AvgIpc) is 2.03. The van der Waals surface area contributed by atoms with Crippen LogP contribution in [0.5, 0.6) is 0 Å². The van der Waals surface area contributed by atoms with Crippen LogP contribution in [-0.2, 0) is 0 Å². The van der Waals surface area contributed by atoms with E-state index in [0.29, 0.717) is 5.82 Å². The van der Waals surface area contributed by atoms with Crippen molar-refractivity contribution in [1.29, 1.82) is 0 Å². The maximum atomic E-state index is 11.2. The minimum atomic E-state index is -0.230. The number of aromatic amines is 1. The first-order valence-corrected chi connectivity index (χ1v) is 4.37. The Labute approximate surface area is 77.2 Å². The van der Waals surface area contributed by atoms with E-state index in [1.807, 2.05) is 13.8 Å². The summed E-state index contributed by atoms with van der Waals surface area (Å²) in [5, 5.41) is 0. The molecule has 1 aromatic rings. The zero-order valence-corrected chi connectivity index (χ0v) is 8.16. The molecule has 1 rings (SSSR count). The smallest absolute Gasteiger partial charge is 0.251 e. The molecule has 0 bridgehead atoms. The van der Waals surface area contributed by atoms with E-state index in [4.69, 9.17) is 5.73 Å². The average molecular weight is 181 g/mol. The Kier molecular flexibility index (Phi) is 2.83. The fourth-order valence-electron chi connectivity index (χ4n) is 1.01. The quantitative estimate of drug-likeness (QED) is 0.712. The van der Waals surface area contributed by atoms with Crippen LogP contribution in [0.15, 0.2) is 10.9 Å². The molecule has 3 N–H and O–H groups in total. The minimum absolute atomic E-state index is 0.133. The predicted molar refractivity (Wildman–Crippen MR) is 51.5 cm³/mol. The molecule has 0 aliphatic carbocycles. The molecule has 0 amide bonds. The summed E-state index contributed by atoms with van der Waals surface area (Å²) in [5.41, 5.74) is 6.27. The topological polar surface area (TPSA) is 71.8 Å². The second-order valence-corrected chi connectivity index (χ2v) is 3.50. The first kappa shape index (κ1) is 9.92. The van der Waals surface area contributed by atoms with Crippen molar-refractivity contribution >= 4 is 0 Å². The van der Waals surface area contributed by atoms with Crippen LogP contribution in [0, 0.1) is 0 Å². The van der Waals surface area contributed by atoms with Gasteiger partial charge in [0.15, 0.2) is 0 Å². The number of nitrogens with zero attached hydrogens (tertiary/aromatic N) is 1. The van der Waals surface area contributed by atoms with Gasteiger partial charge >= 0.3 is 0 Å². The zero-order chi connectivity index (χ0) is 10.0. The summed E-state index contributed by atoms with van der Waals surface area (Å²) in [7, 11) is 0. The van der Waals surface area contributed by atoms with Gasteiger partial charge in [0.1, 0.15) is 5.82 Å². The summed E-state index contributed by atoms with van der Waals surface area (Å²) in [5.74, 6) is 0.802. The fraction of sp³-hybridized carbons (Fsp3) is 0.556. The normalized spacial score (nSPS) is 13.3. The van der Waals surface area contributed by atoms with Gasteiger partial charge in [-0.3, -0.25) is 4.79 Å². The van der Waals surface area contributed by atoms with Crippen molar-refractivity contribution in [2.24, 2.45) is 5.73 Å². The maximum Gasteiger partial charge on any atom is 0.251 e. The third-order valence-corrected chi connectivity index (χ3v) is 1.80. The van der Waals surface area contributed by atoms with E-state index in [-0.39, 0.29) is 17.5 Å². The monoisotopic (exact) mass is 181 g/mol. The lowest BCUT2D eigenvalue weighted by Gasteiger charge is -2.08. The predicted octanol–water partition coefficient (Wildman–Crippen LogP) is 0.913. The lowest BCUT2D eigenvalue weighted by atomic mass is 10.1. The lowest BCUT2D eigenvalue weighted by molar-refractivity contribution is 0.700. The van der Waals surface area contributed by atoms with Crippen molar-refractivity contribution in [2.45, 2.75) is 32.7 Å². The third kappa shape index (κ3) is 2.39. The van der Waals surface area contributed by atoms with Gasteiger partial charge in [0.2, 0.25) is 0 Å². The van der Waals surface area contributed by atoms with E-state index in [2.05, 4.69) is 9.97 Å². The first-order valence-electron chi connectivity index (χ1n) is 4.37. The summed E-state index contributed by atoms with van der Waals surface area (Å²) in [6, 6.07) is 1.28. The highest BCUT2D eigenvalue weighted by atomic mass is 16.1. The van der Waals surface area contributed by atoms with Crippen LogP contribution in [0.25, 0.3) is 0 Å². The summed E-state index contributed by atoms with van der Waals surface area (Å²) < 4.78 is 0. The zero-order valence-electron chi connectivity index (χ0n) is 8.16. The highest BCUT2D eigenvalue weighted by Gasteiger charge is 2.07. The molecule has 0 aliphatic heterocycles.